The predicted molar refractivity (Wildman–Crippen MR) is 71.3 cm³/mol. The van der Waals surface area contributed by atoms with Crippen LogP contribution in [-0.2, 0) is 5.72 Å². The minimum atomic E-state index is -1.19. The van der Waals surface area contributed by atoms with Crippen LogP contribution in [0.1, 0.15) is 11.1 Å². The highest BCUT2D eigenvalue weighted by molar-refractivity contribution is 6.07. The second-order valence-corrected chi connectivity index (χ2v) is 4.28. The quantitative estimate of drug-likeness (QED) is 0.839. The highest BCUT2D eigenvalue weighted by Crippen LogP contribution is 2.27. The predicted octanol–water partition coefficient (Wildman–Crippen LogP) is 1.88. The third kappa shape index (κ3) is 1.74. The van der Waals surface area contributed by atoms with E-state index in [0.29, 0.717) is 12.4 Å². The fraction of sp³-hybridized carbons (Fsp3) is 0.133. The van der Waals surface area contributed by atoms with E-state index in [1.54, 1.807) is 0 Å². The molecule has 1 unspecified atom stereocenters. The lowest BCUT2D eigenvalue weighted by atomic mass is 9.93. The van der Waals surface area contributed by atoms with E-state index in [4.69, 9.17) is 0 Å². The summed E-state index contributed by atoms with van der Waals surface area (Å²) in [5.74, 6) is 0. The van der Waals surface area contributed by atoms with Crippen LogP contribution in [0.3, 0.4) is 0 Å². The Morgan fingerprint density at radius 1 is 0.944 bits per heavy atom. The molecule has 0 radical (unpaired) electrons. The van der Waals surface area contributed by atoms with Gasteiger partial charge < -0.3 is 5.11 Å². The van der Waals surface area contributed by atoms with E-state index in [2.05, 4.69) is 10.3 Å². The Hall–Kier alpha value is -1.97. The maximum absolute atomic E-state index is 10.8. The van der Waals surface area contributed by atoms with Gasteiger partial charge in [-0.05, 0) is 0 Å². The zero-order chi connectivity index (χ0) is 12.4. The smallest absolute Gasteiger partial charge is 0.187 e. The van der Waals surface area contributed by atoms with Gasteiger partial charge in [-0.15, -0.1) is 0 Å². The van der Waals surface area contributed by atoms with Crippen molar-refractivity contribution in [1.82, 2.24) is 5.32 Å². The average molecular weight is 238 g/mol. The van der Waals surface area contributed by atoms with Gasteiger partial charge in [-0.25, -0.2) is 0 Å². The fourth-order valence-electron chi connectivity index (χ4n) is 2.25. The van der Waals surface area contributed by atoms with E-state index in [1.807, 2.05) is 60.7 Å². The second-order valence-electron chi connectivity index (χ2n) is 4.28. The van der Waals surface area contributed by atoms with Crippen LogP contribution in [0.15, 0.2) is 65.7 Å². The number of benzene rings is 2. The Morgan fingerprint density at radius 3 is 2.22 bits per heavy atom. The van der Waals surface area contributed by atoms with E-state index in [-0.39, 0.29) is 0 Å². The Kier molecular flexibility index (Phi) is 2.70. The highest BCUT2D eigenvalue weighted by Gasteiger charge is 2.38. The van der Waals surface area contributed by atoms with Crippen molar-refractivity contribution in [3.05, 3.63) is 71.8 Å². The van der Waals surface area contributed by atoms with E-state index in [9.17, 15) is 5.11 Å². The van der Waals surface area contributed by atoms with Crippen molar-refractivity contribution in [3.63, 3.8) is 0 Å². The van der Waals surface area contributed by atoms with Crippen molar-refractivity contribution in [2.75, 3.05) is 6.67 Å². The number of nitrogens with zero attached hydrogens (tertiary/aromatic N) is 1. The van der Waals surface area contributed by atoms with Gasteiger partial charge in [0.1, 0.15) is 0 Å². The third-order valence-electron chi connectivity index (χ3n) is 3.15. The lowest BCUT2D eigenvalue weighted by Crippen LogP contribution is -2.44. The molecule has 0 fully saturated rings. The van der Waals surface area contributed by atoms with Crippen molar-refractivity contribution in [2.24, 2.45) is 4.99 Å². The zero-order valence-corrected chi connectivity index (χ0v) is 9.88. The molecule has 3 rings (SSSR count). The summed E-state index contributed by atoms with van der Waals surface area (Å²) < 4.78 is 0. The van der Waals surface area contributed by atoms with Crippen LogP contribution < -0.4 is 5.32 Å². The van der Waals surface area contributed by atoms with E-state index in [1.165, 1.54) is 0 Å². The van der Waals surface area contributed by atoms with Gasteiger partial charge in [0, 0.05) is 11.1 Å². The molecule has 90 valence electrons. The maximum atomic E-state index is 10.8. The van der Waals surface area contributed by atoms with Crippen molar-refractivity contribution >= 4 is 5.71 Å². The molecule has 0 saturated heterocycles. The largest absolute Gasteiger partial charge is 0.366 e. The van der Waals surface area contributed by atoms with E-state index < -0.39 is 5.72 Å². The minimum Gasteiger partial charge on any atom is -0.366 e. The molecule has 0 bridgehead atoms. The molecule has 2 N–H and O–H groups in total. The number of aliphatic hydroxyl groups is 1. The Labute approximate surface area is 106 Å². The summed E-state index contributed by atoms with van der Waals surface area (Å²) in [7, 11) is 0. The molecule has 3 nitrogen and oxygen atoms in total. The lowest BCUT2D eigenvalue weighted by molar-refractivity contribution is 0.0854. The minimum absolute atomic E-state index is 0.426. The van der Waals surface area contributed by atoms with Gasteiger partial charge >= 0.3 is 0 Å². The van der Waals surface area contributed by atoms with Gasteiger partial charge in [-0.1, -0.05) is 60.7 Å². The topological polar surface area (TPSA) is 44.6 Å². The SMILES string of the molecule is OC1(c2ccccc2)NCN=C1c1ccccc1. The summed E-state index contributed by atoms with van der Waals surface area (Å²) >= 11 is 0. The first-order valence-corrected chi connectivity index (χ1v) is 5.94. The first-order chi connectivity index (χ1) is 8.81. The summed E-state index contributed by atoms with van der Waals surface area (Å²) in [5.41, 5.74) is 1.23. The molecule has 0 amide bonds. The third-order valence-corrected chi connectivity index (χ3v) is 3.15. The molecule has 1 aliphatic rings. The maximum Gasteiger partial charge on any atom is 0.187 e. The van der Waals surface area contributed by atoms with Crippen LogP contribution in [0.4, 0.5) is 0 Å². The highest BCUT2D eigenvalue weighted by atomic mass is 16.3. The van der Waals surface area contributed by atoms with Crippen molar-refractivity contribution in [1.29, 1.82) is 0 Å². The molecule has 2 aromatic carbocycles. The molecular formula is C15H14N2O. The monoisotopic (exact) mass is 238 g/mol. The first-order valence-electron chi connectivity index (χ1n) is 5.94. The summed E-state index contributed by atoms with van der Waals surface area (Å²) in [4.78, 5) is 4.39. The summed E-state index contributed by atoms with van der Waals surface area (Å²) in [6.45, 7) is 0.426. The van der Waals surface area contributed by atoms with Crippen molar-refractivity contribution < 1.29 is 5.11 Å². The lowest BCUT2D eigenvalue weighted by Gasteiger charge is -2.25. The number of rotatable bonds is 2. The van der Waals surface area contributed by atoms with Gasteiger partial charge in [0.15, 0.2) is 5.72 Å². The normalized spacial score (nSPS) is 22.8. The van der Waals surface area contributed by atoms with Crippen molar-refractivity contribution in [2.45, 2.75) is 5.72 Å². The molecule has 1 heterocycles. The Balaban J connectivity index is 2.06. The number of aliphatic imine (C=N–C) groups is 1. The van der Waals surface area contributed by atoms with E-state index >= 15 is 0 Å². The molecule has 0 aliphatic carbocycles. The molecule has 0 saturated carbocycles. The van der Waals surface area contributed by atoms with Crippen LogP contribution in [-0.4, -0.2) is 17.5 Å². The number of hydrogen-bond acceptors (Lipinski definition) is 3. The van der Waals surface area contributed by atoms with Crippen LogP contribution in [0.25, 0.3) is 0 Å². The molecule has 18 heavy (non-hydrogen) atoms. The van der Waals surface area contributed by atoms with Crippen LogP contribution >= 0.6 is 0 Å². The number of nitrogens with one attached hydrogen (secondary N) is 1. The average Bonchev–Trinajstić information content (AvgIpc) is 2.84. The molecule has 2 aromatic rings. The molecule has 0 aromatic heterocycles. The molecular weight excluding hydrogens is 224 g/mol. The van der Waals surface area contributed by atoms with Gasteiger partial charge in [-0.2, -0.15) is 0 Å². The van der Waals surface area contributed by atoms with Gasteiger partial charge in [-0.3, -0.25) is 10.3 Å². The molecule has 3 heteroatoms. The second kappa shape index (κ2) is 4.37. The molecule has 1 atom stereocenters. The van der Waals surface area contributed by atoms with Gasteiger partial charge in [0.05, 0.1) is 12.4 Å². The van der Waals surface area contributed by atoms with Gasteiger partial charge in [0.25, 0.3) is 0 Å². The van der Waals surface area contributed by atoms with Crippen LogP contribution in [0.5, 0.6) is 0 Å². The van der Waals surface area contributed by atoms with Gasteiger partial charge in [0.2, 0.25) is 0 Å². The Morgan fingerprint density at radius 2 is 1.56 bits per heavy atom. The standard InChI is InChI=1S/C15H14N2O/c18-15(13-9-5-2-6-10-13)14(16-11-17-15)12-7-3-1-4-8-12/h1-10,17-18H,11H2. The van der Waals surface area contributed by atoms with E-state index in [0.717, 1.165) is 11.1 Å². The molecule has 0 spiro atoms. The zero-order valence-electron chi connectivity index (χ0n) is 9.88. The fourth-order valence-corrected chi connectivity index (χ4v) is 2.25. The Bertz CT molecular complexity index is 566. The van der Waals surface area contributed by atoms with Crippen LogP contribution in [0, 0.1) is 0 Å². The first kappa shape index (κ1) is 11.1. The van der Waals surface area contributed by atoms with Crippen LogP contribution in [0.2, 0.25) is 0 Å². The molecule has 1 aliphatic heterocycles. The summed E-state index contributed by atoms with van der Waals surface area (Å²) in [5, 5.41) is 13.9. The van der Waals surface area contributed by atoms with Crippen molar-refractivity contribution in [3.8, 4) is 0 Å². The summed E-state index contributed by atoms with van der Waals surface area (Å²) in [6, 6.07) is 19.3. The summed E-state index contributed by atoms with van der Waals surface area (Å²) in [6.07, 6.45) is 0. The number of hydrogen-bond donors (Lipinski definition) is 2.